The zero-order valence-corrected chi connectivity index (χ0v) is 27.4. The lowest BCUT2D eigenvalue weighted by Crippen LogP contribution is -2.44. The Morgan fingerprint density at radius 3 is 2.26 bits per heavy atom. The lowest BCUT2D eigenvalue weighted by molar-refractivity contribution is -0.120. The van der Waals surface area contributed by atoms with Gasteiger partial charge in [-0.1, -0.05) is 88.4 Å². The summed E-state index contributed by atoms with van der Waals surface area (Å²) in [4.78, 5) is 12.7. The summed E-state index contributed by atoms with van der Waals surface area (Å²) in [5.74, 6) is 0.380. The quantitative estimate of drug-likeness (QED) is 0.158. The van der Waals surface area contributed by atoms with Gasteiger partial charge in [0.25, 0.3) is 0 Å². The molecule has 0 unspecified atom stereocenters. The van der Waals surface area contributed by atoms with Crippen LogP contribution >= 0.6 is 0 Å². The first kappa shape index (κ1) is 33.5. The number of hydrogen-bond acceptors (Lipinski definition) is 5. The number of rotatable bonds is 14. The summed E-state index contributed by atoms with van der Waals surface area (Å²) in [6, 6.07) is 24.0. The number of carbonyl (C=O) groups is 1. The van der Waals surface area contributed by atoms with Gasteiger partial charge in [0, 0.05) is 24.7 Å². The summed E-state index contributed by atoms with van der Waals surface area (Å²) >= 11 is 0. The van der Waals surface area contributed by atoms with Crippen molar-refractivity contribution in [3.8, 4) is 5.75 Å². The first-order valence-electron chi connectivity index (χ1n) is 15.0. The largest absolute Gasteiger partial charge is 0.508 e. The highest BCUT2D eigenvalue weighted by molar-refractivity contribution is 6.74. The molecule has 228 valence electrons. The third-order valence-corrected chi connectivity index (χ3v) is 12.9. The van der Waals surface area contributed by atoms with Crippen LogP contribution in [-0.2, 0) is 28.7 Å². The molecule has 3 aromatic carbocycles. The van der Waals surface area contributed by atoms with E-state index in [4.69, 9.17) is 4.43 Å². The van der Waals surface area contributed by atoms with Gasteiger partial charge in [-0.3, -0.25) is 4.79 Å². The first-order chi connectivity index (χ1) is 19.8. The summed E-state index contributed by atoms with van der Waals surface area (Å²) < 4.78 is 6.83. The minimum atomic E-state index is -2.10. The van der Waals surface area contributed by atoms with Crippen LogP contribution in [0, 0.1) is 0 Å². The fourth-order valence-corrected chi connectivity index (χ4v) is 5.99. The number of aliphatic hydroxyl groups is 1. The lowest BCUT2D eigenvalue weighted by atomic mass is 10.0. The van der Waals surface area contributed by atoms with Gasteiger partial charge in [-0.05, 0) is 71.8 Å². The molecule has 1 amide bonds. The first-order valence-corrected chi connectivity index (χ1v) is 17.9. The van der Waals surface area contributed by atoms with Gasteiger partial charge in [0.2, 0.25) is 5.91 Å². The lowest BCUT2D eigenvalue weighted by Gasteiger charge is -2.40. The van der Waals surface area contributed by atoms with Gasteiger partial charge in [-0.15, -0.1) is 0 Å². The number of aromatic hydroxyl groups is 1. The van der Waals surface area contributed by atoms with Crippen LogP contribution in [-0.4, -0.2) is 43.6 Å². The standard InChI is InChI=1S/C35H50N2O4Si/c1-25(29-14-9-8-10-15-29)22-37-34(40)20-28-13-11-12-27(19-28)18-26(2)36-23-33(41-42(6,7)35(3,4)5)30-16-17-32(39)31(21-30)24-38/h8-17,19,21,25-26,33,36,38-39H,18,20,22-24H2,1-7H3,(H,37,40)/t25-,26+,33-/m0/s1. The monoisotopic (exact) mass is 590 g/mol. The van der Waals surface area contributed by atoms with Gasteiger partial charge < -0.3 is 25.3 Å². The smallest absolute Gasteiger partial charge is 0.224 e. The van der Waals surface area contributed by atoms with E-state index in [-0.39, 0.29) is 41.4 Å². The van der Waals surface area contributed by atoms with Gasteiger partial charge in [0.1, 0.15) is 5.75 Å². The maximum atomic E-state index is 12.7. The molecule has 0 heterocycles. The SMILES string of the molecule is C[C@H](Cc1cccc(CC(=O)NC[C@H](C)c2ccccc2)c1)NC[C@H](O[Si](C)(C)C(C)(C)C)c1ccc(O)c(CO)c1. The Morgan fingerprint density at radius 2 is 1.60 bits per heavy atom. The third kappa shape index (κ3) is 9.80. The second-order valence-corrected chi connectivity index (χ2v) is 17.8. The van der Waals surface area contributed by atoms with E-state index in [0.29, 0.717) is 25.1 Å². The molecule has 7 heteroatoms. The number of nitrogens with one attached hydrogen (secondary N) is 2. The highest BCUT2D eigenvalue weighted by atomic mass is 28.4. The molecule has 0 saturated carbocycles. The number of phenols is 1. The molecule has 4 N–H and O–H groups in total. The van der Waals surface area contributed by atoms with E-state index in [1.807, 2.05) is 42.5 Å². The van der Waals surface area contributed by atoms with Crippen molar-refractivity contribution in [1.82, 2.24) is 10.6 Å². The van der Waals surface area contributed by atoms with Crippen molar-refractivity contribution in [1.29, 1.82) is 0 Å². The van der Waals surface area contributed by atoms with Gasteiger partial charge in [0.05, 0.1) is 19.1 Å². The number of amides is 1. The number of aliphatic hydroxyl groups excluding tert-OH is 1. The maximum Gasteiger partial charge on any atom is 0.224 e. The molecular formula is C35H50N2O4Si. The molecule has 3 rings (SSSR count). The Labute approximate surface area is 253 Å². The molecule has 0 saturated heterocycles. The highest BCUT2D eigenvalue weighted by Gasteiger charge is 2.39. The van der Waals surface area contributed by atoms with Gasteiger partial charge in [-0.2, -0.15) is 0 Å². The van der Waals surface area contributed by atoms with Crippen molar-refractivity contribution >= 4 is 14.2 Å². The summed E-state index contributed by atoms with van der Waals surface area (Å²) in [5.41, 5.74) is 4.84. The second kappa shape index (κ2) is 15.0. The molecule has 0 fully saturated rings. The van der Waals surface area contributed by atoms with E-state index >= 15 is 0 Å². The summed E-state index contributed by atoms with van der Waals surface area (Å²) in [7, 11) is -2.10. The minimum absolute atomic E-state index is 0.0304. The van der Waals surface area contributed by atoms with Crippen molar-refractivity contribution in [3.63, 3.8) is 0 Å². The zero-order valence-electron chi connectivity index (χ0n) is 26.4. The van der Waals surface area contributed by atoms with Crippen molar-refractivity contribution in [2.24, 2.45) is 0 Å². The molecule has 3 aromatic rings. The molecule has 0 bridgehead atoms. The van der Waals surface area contributed by atoms with E-state index in [1.165, 1.54) is 11.1 Å². The molecule has 0 aromatic heterocycles. The molecular weight excluding hydrogens is 540 g/mol. The predicted molar refractivity (Wildman–Crippen MR) is 174 cm³/mol. The average Bonchev–Trinajstić information content (AvgIpc) is 2.94. The molecule has 0 aliphatic rings. The molecule has 0 aliphatic heterocycles. The summed E-state index contributed by atoms with van der Waals surface area (Å²) in [6.07, 6.45) is 0.950. The number of hydrogen-bond donors (Lipinski definition) is 4. The van der Waals surface area contributed by atoms with Gasteiger partial charge in [0.15, 0.2) is 8.32 Å². The van der Waals surface area contributed by atoms with Crippen molar-refractivity contribution in [2.75, 3.05) is 13.1 Å². The second-order valence-electron chi connectivity index (χ2n) is 13.0. The maximum absolute atomic E-state index is 12.7. The number of carbonyl (C=O) groups excluding carboxylic acids is 1. The van der Waals surface area contributed by atoms with Crippen molar-refractivity contribution in [2.45, 2.75) is 90.3 Å². The summed E-state index contributed by atoms with van der Waals surface area (Å²) in [5, 5.41) is 26.6. The Balaban J connectivity index is 1.60. The topological polar surface area (TPSA) is 90.8 Å². The summed E-state index contributed by atoms with van der Waals surface area (Å²) in [6.45, 7) is 16.4. The van der Waals surface area contributed by atoms with Crippen LogP contribution in [0.1, 0.15) is 74.5 Å². The molecule has 6 nitrogen and oxygen atoms in total. The average molecular weight is 591 g/mol. The van der Waals surface area contributed by atoms with E-state index < -0.39 is 8.32 Å². The predicted octanol–water partition coefficient (Wildman–Crippen LogP) is 6.63. The number of benzene rings is 3. The van der Waals surface area contributed by atoms with Gasteiger partial charge >= 0.3 is 0 Å². The van der Waals surface area contributed by atoms with Crippen LogP contribution in [0.2, 0.25) is 18.1 Å². The molecule has 0 spiro atoms. The van der Waals surface area contributed by atoms with Crippen LogP contribution in [0.3, 0.4) is 0 Å². The fraction of sp³-hybridized carbons (Fsp3) is 0.457. The van der Waals surface area contributed by atoms with Gasteiger partial charge in [-0.25, -0.2) is 0 Å². The minimum Gasteiger partial charge on any atom is -0.508 e. The van der Waals surface area contributed by atoms with Crippen LogP contribution < -0.4 is 10.6 Å². The Morgan fingerprint density at radius 1 is 0.905 bits per heavy atom. The zero-order chi connectivity index (χ0) is 30.9. The van der Waals surface area contributed by atoms with E-state index in [2.05, 4.69) is 82.6 Å². The molecule has 3 atom stereocenters. The van der Waals surface area contributed by atoms with E-state index in [0.717, 1.165) is 17.5 Å². The highest BCUT2D eigenvalue weighted by Crippen LogP contribution is 2.40. The van der Waals surface area contributed by atoms with Crippen LogP contribution in [0.5, 0.6) is 5.75 Å². The Kier molecular flexibility index (Phi) is 11.9. The van der Waals surface area contributed by atoms with Crippen molar-refractivity contribution in [3.05, 3.63) is 101 Å². The van der Waals surface area contributed by atoms with E-state index in [1.54, 1.807) is 6.07 Å². The third-order valence-electron chi connectivity index (χ3n) is 8.41. The molecule has 0 aliphatic carbocycles. The van der Waals surface area contributed by atoms with E-state index in [9.17, 15) is 15.0 Å². The van der Waals surface area contributed by atoms with Crippen molar-refractivity contribution < 1.29 is 19.4 Å². The van der Waals surface area contributed by atoms with Crippen LogP contribution in [0.4, 0.5) is 0 Å². The molecule has 0 radical (unpaired) electrons. The van der Waals surface area contributed by atoms with Crippen LogP contribution in [0.15, 0.2) is 72.8 Å². The molecule has 42 heavy (non-hydrogen) atoms. The Hall–Kier alpha value is -2.97. The normalized spacial score (nSPS) is 14.3. The fourth-order valence-electron chi connectivity index (χ4n) is 4.71. The van der Waals surface area contributed by atoms with Crippen LogP contribution in [0.25, 0.3) is 0 Å². The Bertz CT molecular complexity index is 1290.